The van der Waals surface area contributed by atoms with Gasteiger partial charge >= 0.3 is 0 Å². The molecule has 0 aliphatic heterocycles. The van der Waals surface area contributed by atoms with Crippen LogP contribution in [0.4, 0.5) is 0 Å². The van der Waals surface area contributed by atoms with E-state index in [0.29, 0.717) is 4.88 Å². The van der Waals surface area contributed by atoms with Gasteiger partial charge in [0.15, 0.2) is 0 Å². The third kappa shape index (κ3) is 4.19. The Morgan fingerprint density at radius 3 is 2.39 bits per heavy atom. The molecule has 1 atom stereocenters. The van der Waals surface area contributed by atoms with Crippen molar-refractivity contribution in [1.82, 2.24) is 5.32 Å². The number of benzene rings is 1. The number of rotatable bonds is 5. The van der Waals surface area contributed by atoms with E-state index in [-0.39, 0.29) is 16.8 Å². The van der Waals surface area contributed by atoms with Crippen molar-refractivity contribution in [3.8, 4) is 0 Å². The minimum atomic E-state index is -3.70. The maximum Gasteiger partial charge on any atom is 0.261 e. The van der Waals surface area contributed by atoms with E-state index in [9.17, 15) is 13.2 Å². The number of hydrogen-bond acceptors (Lipinski definition) is 4. The smallest absolute Gasteiger partial charge is 0.261 e. The summed E-state index contributed by atoms with van der Waals surface area (Å²) in [6.07, 6.45) is 0.911. The highest BCUT2D eigenvalue weighted by Crippen LogP contribution is 2.23. The van der Waals surface area contributed by atoms with Crippen molar-refractivity contribution in [3.63, 3.8) is 0 Å². The van der Waals surface area contributed by atoms with Crippen LogP contribution in [0.2, 0.25) is 0 Å². The molecule has 23 heavy (non-hydrogen) atoms. The van der Waals surface area contributed by atoms with Gasteiger partial charge in [-0.1, -0.05) is 19.1 Å². The van der Waals surface area contributed by atoms with Crippen LogP contribution >= 0.6 is 11.3 Å². The van der Waals surface area contributed by atoms with Gasteiger partial charge in [-0.05, 0) is 49.6 Å². The number of primary sulfonamides is 1. The van der Waals surface area contributed by atoms with Crippen LogP contribution in [0.3, 0.4) is 0 Å². The molecule has 2 rings (SSSR count). The number of sulfonamides is 1. The lowest BCUT2D eigenvalue weighted by Gasteiger charge is -2.14. The van der Waals surface area contributed by atoms with Gasteiger partial charge in [-0.15, -0.1) is 11.3 Å². The van der Waals surface area contributed by atoms with Crippen LogP contribution in [0.15, 0.2) is 35.2 Å². The molecule has 1 aromatic carbocycles. The van der Waals surface area contributed by atoms with Crippen LogP contribution in [0, 0.1) is 6.92 Å². The SMILES string of the molecule is CCc1sc(C(=O)NC(C)c2ccc(S(N)(=O)=O)cc2)cc1C. The molecule has 7 heteroatoms. The molecule has 5 nitrogen and oxygen atoms in total. The Balaban J connectivity index is 2.11. The van der Waals surface area contributed by atoms with E-state index in [1.54, 1.807) is 12.1 Å². The minimum absolute atomic E-state index is 0.0567. The number of carbonyl (C=O) groups is 1. The summed E-state index contributed by atoms with van der Waals surface area (Å²) in [7, 11) is -3.70. The van der Waals surface area contributed by atoms with Crippen molar-refractivity contribution in [2.75, 3.05) is 0 Å². The normalized spacial score (nSPS) is 12.9. The highest BCUT2D eigenvalue weighted by Gasteiger charge is 2.16. The summed E-state index contributed by atoms with van der Waals surface area (Å²) < 4.78 is 22.5. The fraction of sp³-hybridized carbons (Fsp3) is 0.312. The second kappa shape index (κ2) is 6.82. The Morgan fingerprint density at radius 2 is 1.91 bits per heavy atom. The van der Waals surface area contributed by atoms with Gasteiger partial charge in [-0.2, -0.15) is 0 Å². The summed E-state index contributed by atoms with van der Waals surface area (Å²) in [4.78, 5) is 14.3. The molecule has 0 spiro atoms. The summed E-state index contributed by atoms with van der Waals surface area (Å²) in [6.45, 7) is 5.92. The molecule has 0 bridgehead atoms. The molecule has 1 amide bonds. The van der Waals surface area contributed by atoms with Gasteiger partial charge in [0.1, 0.15) is 0 Å². The molecule has 0 aliphatic carbocycles. The van der Waals surface area contributed by atoms with Crippen LogP contribution in [0.25, 0.3) is 0 Å². The van der Waals surface area contributed by atoms with Gasteiger partial charge in [0, 0.05) is 4.88 Å². The topological polar surface area (TPSA) is 89.3 Å². The first kappa shape index (κ1) is 17.7. The molecule has 1 unspecified atom stereocenters. The lowest BCUT2D eigenvalue weighted by molar-refractivity contribution is 0.0944. The van der Waals surface area contributed by atoms with Crippen molar-refractivity contribution in [3.05, 3.63) is 51.2 Å². The van der Waals surface area contributed by atoms with Crippen molar-refractivity contribution in [2.45, 2.75) is 38.1 Å². The Labute approximate surface area is 140 Å². The molecule has 3 N–H and O–H groups in total. The number of amides is 1. The summed E-state index contributed by atoms with van der Waals surface area (Å²) in [5.74, 6) is -0.124. The number of nitrogens with one attached hydrogen (secondary N) is 1. The van der Waals surface area contributed by atoms with E-state index in [1.165, 1.54) is 28.3 Å². The third-order valence-corrected chi connectivity index (χ3v) is 5.93. The van der Waals surface area contributed by atoms with E-state index in [2.05, 4.69) is 12.2 Å². The van der Waals surface area contributed by atoms with Crippen molar-refractivity contribution in [2.24, 2.45) is 5.14 Å². The Bertz CT molecular complexity index is 808. The van der Waals surface area contributed by atoms with Crippen molar-refractivity contribution >= 4 is 27.3 Å². The van der Waals surface area contributed by atoms with Crippen LogP contribution in [0.5, 0.6) is 0 Å². The molecule has 1 heterocycles. The summed E-state index contributed by atoms with van der Waals surface area (Å²) in [5.41, 5.74) is 1.95. The fourth-order valence-corrected chi connectivity index (χ4v) is 3.81. The average molecular weight is 352 g/mol. The number of hydrogen-bond donors (Lipinski definition) is 2. The van der Waals surface area contributed by atoms with Gasteiger partial charge in [-0.25, -0.2) is 13.6 Å². The second-order valence-electron chi connectivity index (χ2n) is 5.38. The summed E-state index contributed by atoms with van der Waals surface area (Å²) in [5, 5.41) is 8.00. The molecule has 0 fully saturated rings. The molecular weight excluding hydrogens is 332 g/mol. The van der Waals surface area contributed by atoms with Crippen LogP contribution in [-0.4, -0.2) is 14.3 Å². The molecule has 2 aromatic rings. The van der Waals surface area contributed by atoms with Crippen molar-refractivity contribution < 1.29 is 13.2 Å². The Hall–Kier alpha value is -1.70. The average Bonchev–Trinajstić information content (AvgIpc) is 2.87. The van der Waals surface area contributed by atoms with Gasteiger partial charge in [0.2, 0.25) is 10.0 Å². The maximum atomic E-state index is 12.3. The maximum absolute atomic E-state index is 12.3. The molecule has 1 aromatic heterocycles. The Morgan fingerprint density at radius 1 is 1.30 bits per heavy atom. The number of thiophene rings is 1. The minimum Gasteiger partial charge on any atom is -0.345 e. The zero-order valence-corrected chi connectivity index (χ0v) is 14.9. The number of carbonyl (C=O) groups excluding carboxylic acids is 1. The van der Waals surface area contributed by atoms with E-state index >= 15 is 0 Å². The number of nitrogens with two attached hydrogens (primary N) is 1. The molecule has 0 aliphatic rings. The van der Waals surface area contributed by atoms with E-state index < -0.39 is 10.0 Å². The van der Waals surface area contributed by atoms with E-state index in [0.717, 1.165) is 17.5 Å². The molecule has 0 saturated heterocycles. The summed E-state index contributed by atoms with van der Waals surface area (Å²) in [6, 6.07) is 7.86. The van der Waals surface area contributed by atoms with E-state index in [4.69, 9.17) is 5.14 Å². The first-order valence-electron chi connectivity index (χ1n) is 7.25. The standard InChI is InChI=1S/C16H20N2O3S2/c1-4-14-10(2)9-15(22-14)16(19)18-11(3)12-5-7-13(8-6-12)23(17,20)21/h5-9,11H,4H2,1-3H3,(H,18,19)(H2,17,20,21). The molecule has 0 saturated carbocycles. The van der Waals surface area contributed by atoms with Crippen molar-refractivity contribution in [1.29, 1.82) is 0 Å². The zero-order valence-electron chi connectivity index (χ0n) is 13.3. The van der Waals surface area contributed by atoms with Gasteiger partial charge in [0.25, 0.3) is 5.91 Å². The highest BCUT2D eigenvalue weighted by molar-refractivity contribution is 7.89. The molecular formula is C16H20N2O3S2. The monoisotopic (exact) mass is 352 g/mol. The fourth-order valence-electron chi connectivity index (χ4n) is 2.28. The predicted molar refractivity (Wildman–Crippen MR) is 92.1 cm³/mol. The van der Waals surface area contributed by atoms with Gasteiger partial charge in [-0.3, -0.25) is 4.79 Å². The summed E-state index contributed by atoms with van der Waals surface area (Å²) >= 11 is 1.50. The van der Waals surface area contributed by atoms with Crippen LogP contribution in [-0.2, 0) is 16.4 Å². The predicted octanol–water partition coefficient (Wildman–Crippen LogP) is 2.76. The van der Waals surface area contributed by atoms with Crippen LogP contribution < -0.4 is 10.5 Å². The first-order chi connectivity index (χ1) is 10.7. The molecule has 0 radical (unpaired) electrons. The highest BCUT2D eigenvalue weighted by atomic mass is 32.2. The lowest BCUT2D eigenvalue weighted by atomic mass is 10.1. The van der Waals surface area contributed by atoms with Gasteiger partial charge < -0.3 is 5.32 Å². The largest absolute Gasteiger partial charge is 0.345 e. The second-order valence-corrected chi connectivity index (χ2v) is 8.08. The number of aryl methyl sites for hydroxylation is 2. The zero-order chi connectivity index (χ0) is 17.2. The van der Waals surface area contributed by atoms with Crippen LogP contribution in [0.1, 0.15) is 45.6 Å². The quantitative estimate of drug-likeness (QED) is 0.867. The third-order valence-electron chi connectivity index (χ3n) is 3.62. The van der Waals surface area contributed by atoms with E-state index in [1.807, 2.05) is 19.9 Å². The van der Waals surface area contributed by atoms with Gasteiger partial charge in [0.05, 0.1) is 15.8 Å². The first-order valence-corrected chi connectivity index (χ1v) is 9.61. The Kier molecular flexibility index (Phi) is 5.23. The lowest BCUT2D eigenvalue weighted by Crippen LogP contribution is -2.26. The molecule has 124 valence electrons.